The number of alkyl halides is 3. The zero-order valence-electron chi connectivity index (χ0n) is 13.5. The van der Waals surface area contributed by atoms with Crippen molar-refractivity contribution >= 4 is 11.3 Å². The molecule has 0 radical (unpaired) electrons. The molecule has 5 nitrogen and oxygen atoms in total. The van der Waals surface area contributed by atoms with Gasteiger partial charge in [-0.1, -0.05) is 28.6 Å². The van der Waals surface area contributed by atoms with Gasteiger partial charge in [0.05, 0.1) is 13.2 Å². The molecule has 0 aliphatic carbocycles. The van der Waals surface area contributed by atoms with Gasteiger partial charge in [0.2, 0.25) is 5.01 Å². The van der Waals surface area contributed by atoms with E-state index in [1.165, 1.54) is 0 Å². The number of rotatable bonds is 6. The zero-order valence-corrected chi connectivity index (χ0v) is 14.3. The Morgan fingerprint density at radius 3 is 2.72 bits per heavy atom. The second-order valence-electron chi connectivity index (χ2n) is 5.68. The van der Waals surface area contributed by atoms with Gasteiger partial charge in [-0.15, -0.1) is 5.10 Å². The summed E-state index contributed by atoms with van der Waals surface area (Å²) in [6, 6.07) is 7.33. The van der Waals surface area contributed by atoms with Crippen LogP contribution < -0.4 is 4.74 Å². The summed E-state index contributed by atoms with van der Waals surface area (Å²) >= 11 is 0.389. The minimum atomic E-state index is -4.50. The first-order valence-electron chi connectivity index (χ1n) is 7.98. The number of ether oxygens (including phenoxy) is 2. The quantitative estimate of drug-likeness (QED) is 0.774. The number of morpholine rings is 1. The molecular weight excluding hydrogens is 355 g/mol. The molecule has 1 saturated heterocycles. The van der Waals surface area contributed by atoms with E-state index in [1.54, 1.807) is 6.07 Å². The number of hydrogen-bond donors (Lipinski definition) is 0. The summed E-state index contributed by atoms with van der Waals surface area (Å²) in [5.41, 5.74) is 1.08. The molecule has 9 heteroatoms. The van der Waals surface area contributed by atoms with Crippen LogP contribution in [0.15, 0.2) is 24.3 Å². The lowest BCUT2D eigenvalue weighted by Crippen LogP contribution is -2.36. The molecule has 1 aliphatic rings. The van der Waals surface area contributed by atoms with Crippen LogP contribution in [-0.4, -0.2) is 47.9 Å². The molecule has 2 heterocycles. The van der Waals surface area contributed by atoms with Gasteiger partial charge < -0.3 is 9.47 Å². The lowest BCUT2D eigenvalue weighted by Gasteiger charge is -2.26. The predicted octanol–water partition coefficient (Wildman–Crippen LogP) is 3.61. The van der Waals surface area contributed by atoms with Crippen LogP contribution in [0.1, 0.15) is 17.0 Å². The highest BCUT2D eigenvalue weighted by molar-refractivity contribution is 7.13. The number of halogens is 3. The molecule has 3 rings (SSSR count). The van der Waals surface area contributed by atoms with Crippen LogP contribution in [0.25, 0.3) is 0 Å². The molecule has 1 aromatic carbocycles. The molecule has 1 aromatic heterocycles. The highest BCUT2D eigenvalue weighted by Gasteiger charge is 2.36. The molecular formula is C16H18F3N3O2S. The molecule has 0 N–H and O–H groups in total. The van der Waals surface area contributed by atoms with Crippen LogP contribution in [0, 0.1) is 0 Å². The standard InChI is InChI=1S/C16H18F3N3O2S/c17-16(18,19)14-20-21-15(25-14)24-13-5-1-3-12(11-13)4-2-6-22-7-9-23-10-8-22/h1,3,5,11H,2,4,6-10H2. The molecule has 1 fully saturated rings. The first-order valence-corrected chi connectivity index (χ1v) is 8.80. The van der Waals surface area contributed by atoms with E-state index in [4.69, 9.17) is 9.47 Å². The van der Waals surface area contributed by atoms with E-state index in [1.807, 2.05) is 18.2 Å². The normalized spacial score (nSPS) is 16.1. The van der Waals surface area contributed by atoms with E-state index < -0.39 is 11.2 Å². The van der Waals surface area contributed by atoms with Crippen molar-refractivity contribution in [2.45, 2.75) is 19.0 Å². The van der Waals surface area contributed by atoms with Crippen LogP contribution in [0.2, 0.25) is 0 Å². The molecule has 0 unspecified atom stereocenters. The van der Waals surface area contributed by atoms with Gasteiger partial charge in [-0.05, 0) is 37.1 Å². The number of aromatic nitrogens is 2. The fourth-order valence-corrected chi connectivity index (χ4v) is 3.14. The Hall–Kier alpha value is -1.71. The van der Waals surface area contributed by atoms with E-state index in [9.17, 15) is 13.2 Å². The van der Waals surface area contributed by atoms with Gasteiger partial charge >= 0.3 is 6.18 Å². The average Bonchev–Trinajstić information content (AvgIpc) is 3.05. The summed E-state index contributed by atoms with van der Waals surface area (Å²) in [7, 11) is 0. The zero-order chi connectivity index (χ0) is 17.7. The Morgan fingerprint density at radius 2 is 2.00 bits per heavy atom. The number of hydrogen-bond acceptors (Lipinski definition) is 6. The molecule has 0 bridgehead atoms. The Labute approximate surface area is 147 Å². The number of benzene rings is 1. The van der Waals surface area contributed by atoms with Crippen molar-refractivity contribution < 1.29 is 22.6 Å². The first-order chi connectivity index (χ1) is 12.0. The van der Waals surface area contributed by atoms with Crippen molar-refractivity contribution in [2.24, 2.45) is 0 Å². The van der Waals surface area contributed by atoms with E-state index in [-0.39, 0.29) is 5.19 Å². The van der Waals surface area contributed by atoms with E-state index in [0.29, 0.717) is 17.1 Å². The summed E-state index contributed by atoms with van der Waals surface area (Å²) < 4.78 is 48.3. The maximum atomic E-state index is 12.5. The van der Waals surface area contributed by atoms with Crippen LogP contribution in [0.3, 0.4) is 0 Å². The molecule has 1 aliphatic heterocycles. The van der Waals surface area contributed by atoms with Crippen molar-refractivity contribution in [3.8, 4) is 10.9 Å². The van der Waals surface area contributed by atoms with E-state index in [0.717, 1.165) is 51.3 Å². The lowest BCUT2D eigenvalue weighted by molar-refractivity contribution is -0.138. The Kier molecular flexibility index (Phi) is 5.87. The minimum absolute atomic E-state index is 0.113. The third kappa shape index (κ3) is 5.38. The van der Waals surface area contributed by atoms with Gasteiger partial charge in [0.15, 0.2) is 0 Å². The van der Waals surface area contributed by atoms with Gasteiger partial charge in [0.25, 0.3) is 5.19 Å². The predicted molar refractivity (Wildman–Crippen MR) is 87.0 cm³/mol. The first kappa shape index (κ1) is 18.1. The number of aryl methyl sites for hydroxylation is 1. The molecule has 0 saturated carbocycles. The van der Waals surface area contributed by atoms with Gasteiger partial charge in [-0.2, -0.15) is 13.2 Å². The Balaban J connectivity index is 1.53. The minimum Gasteiger partial charge on any atom is -0.430 e. The van der Waals surface area contributed by atoms with E-state index >= 15 is 0 Å². The SMILES string of the molecule is FC(F)(F)c1nnc(Oc2cccc(CCCN3CCOCC3)c2)s1. The summed E-state index contributed by atoms with van der Waals surface area (Å²) in [6.45, 7) is 4.49. The lowest BCUT2D eigenvalue weighted by atomic mass is 10.1. The van der Waals surface area contributed by atoms with E-state index in [2.05, 4.69) is 15.1 Å². The van der Waals surface area contributed by atoms with Crippen molar-refractivity contribution in [1.82, 2.24) is 15.1 Å². The largest absolute Gasteiger partial charge is 0.445 e. The summed E-state index contributed by atoms with van der Waals surface area (Å²) in [6.07, 6.45) is -2.63. The third-order valence-corrected chi connectivity index (χ3v) is 4.64. The average molecular weight is 373 g/mol. The van der Waals surface area contributed by atoms with Crippen molar-refractivity contribution in [3.05, 3.63) is 34.8 Å². The van der Waals surface area contributed by atoms with Crippen molar-refractivity contribution in [3.63, 3.8) is 0 Å². The Bertz CT molecular complexity index is 687. The Morgan fingerprint density at radius 1 is 1.20 bits per heavy atom. The smallest absolute Gasteiger partial charge is 0.430 e. The highest BCUT2D eigenvalue weighted by atomic mass is 32.1. The van der Waals surface area contributed by atoms with Gasteiger partial charge in [-0.25, -0.2) is 0 Å². The molecule has 0 atom stereocenters. The van der Waals surface area contributed by atoms with Gasteiger partial charge in [0, 0.05) is 13.1 Å². The van der Waals surface area contributed by atoms with Crippen molar-refractivity contribution in [1.29, 1.82) is 0 Å². The summed E-state index contributed by atoms with van der Waals surface area (Å²) in [5.74, 6) is 0.466. The van der Waals surface area contributed by atoms with Crippen LogP contribution in [0.4, 0.5) is 13.2 Å². The van der Waals surface area contributed by atoms with Crippen LogP contribution in [0.5, 0.6) is 10.9 Å². The van der Waals surface area contributed by atoms with Crippen LogP contribution in [-0.2, 0) is 17.3 Å². The molecule has 0 spiro atoms. The van der Waals surface area contributed by atoms with Crippen molar-refractivity contribution in [2.75, 3.05) is 32.8 Å². The van der Waals surface area contributed by atoms with Gasteiger partial charge in [-0.3, -0.25) is 4.90 Å². The third-order valence-electron chi connectivity index (χ3n) is 3.80. The summed E-state index contributed by atoms with van der Waals surface area (Å²) in [4.78, 5) is 2.36. The maximum absolute atomic E-state index is 12.5. The monoisotopic (exact) mass is 373 g/mol. The second-order valence-corrected chi connectivity index (χ2v) is 6.62. The fraction of sp³-hybridized carbons (Fsp3) is 0.500. The molecule has 2 aromatic rings. The number of nitrogens with zero attached hydrogens (tertiary/aromatic N) is 3. The summed E-state index contributed by atoms with van der Waals surface area (Å²) in [5, 5.41) is 5.43. The molecule has 136 valence electrons. The maximum Gasteiger partial charge on any atom is 0.445 e. The fourth-order valence-electron chi connectivity index (χ4n) is 2.56. The second kappa shape index (κ2) is 8.11. The molecule has 0 amide bonds. The topological polar surface area (TPSA) is 47.5 Å². The molecule has 25 heavy (non-hydrogen) atoms. The van der Waals surface area contributed by atoms with Crippen LogP contribution >= 0.6 is 11.3 Å². The van der Waals surface area contributed by atoms with Gasteiger partial charge in [0.1, 0.15) is 5.75 Å². The highest BCUT2D eigenvalue weighted by Crippen LogP contribution is 2.35.